The largest absolute Gasteiger partial charge is 0.377 e. The van der Waals surface area contributed by atoms with Gasteiger partial charge in [-0.15, -0.1) is 0 Å². The van der Waals surface area contributed by atoms with E-state index in [2.05, 4.69) is 17.1 Å². The molecular weight excluding hydrogens is 216 g/mol. The Hall–Kier alpha value is -0.160. The molecule has 2 rings (SSSR count). The lowest BCUT2D eigenvalue weighted by molar-refractivity contribution is -0.00461. The molecular formula is C13H26N2O2. The molecule has 0 bridgehead atoms. The minimum Gasteiger partial charge on any atom is -0.377 e. The monoisotopic (exact) mass is 242 g/mol. The summed E-state index contributed by atoms with van der Waals surface area (Å²) in [5.74, 6) is 0. The molecule has 2 aliphatic rings. The lowest BCUT2D eigenvalue weighted by Crippen LogP contribution is -2.38. The molecule has 17 heavy (non-hydrogen) atoms. The summed E-state index contributed by atoms with van der Waals surface area (Å²) < 4.78 is 11.0. The summed E-state index contributed by atoms with van der Waals surface area (Å²) in [5, 5.41) is 3.50. The van der Waals surface area contributed by atoms with Gasteiger partial charge in [0, 0.05) is 40.4 Å². The molecule has 0 saturated carbocycles. The van der Waals surface area contributed by atoms with Crippen molar-refractivity contribution in [3.8, 4) is 0 Å². The van der Waals surface area contributed by atoms with Gasteiger partial charge in [0.25, 0.3) is 0 Å². The van der Waals surface area contributed by atoms with Gasteiger partial charge in [0.2, 0.25) is 0 Å². The second-order valence-electron chi connectivity index (χ2n) is 5.52. The Morgan fingerprint density at radius 3 is 2.29 bits per heavy atom. The molecule has 4 nitrogen and oxygen atoms in total. The van der Waals surface area contributed by atoms with E-state index in [1.54, 1.807) is 14.2 Å². The highest BCUT2D eigenvalue weighted by molar-refractivity contribution is 4.94. The van der Waals surface area contributed by atoms with E-state index in [1.807, 2.05) is 0 Å². The second-order valence-corrected chi connectivity index (χ2v) is 5.52. The van der Waals surface area contributed by atoms with Gasteiger partial charge in [-0.3, -0.25) is 4.90 Å². The number of methoxy groups -OCH3 is 2. The third-order valence-corrected chi connectivity index (χ3v) is 4.54. The summed E-state index contributed by atoms with van der Waals surface area (Å²) in [5.41, 5.74) is 0.473. The van der Waals surface area contributed by atoms with Gasteiger partial charge in [0.1, 0.15) is 0 Å². The maximum Gasteiger partial charge on any atom is 0.0971 e. The average Bonchev–Trinajstić information content (AvgIpc) is 2.96. The van der Waals surface area contributed by atoms with E-state index in [4.69, 9.17) is 9.47 Å². The number of hydrogen-bond donors (Lipinski definition) is 1. The van der Waals surface area contributed by atoms with Crippen molar-refractivity contribution in [2.75, 3.05) is 46.9 Å². The van der Waals surface area contributed by atoms with Gasteiger partial charge in [-0.1, -0.05) is 6.92 Å². The maximum atomic E-state index is 5.49. The Kier molecular flexibility index (Phi) is 4.42. The molecule has 3 unspecified atom stereocenters. The molecule has 2 heterocycles. The lowest BCUT2D eigenvalue weighted by Gasteiger charge is -2.31. The van der Waals surface area contributed by atoms with Crippen LogP contribution in [0.3, 0.4) is 0 Å². The molecule has 4 heteroatoms. The Labute approximate surface area is 105 Å². The Morgan fingerprint density at radius 2 is 1.88 bits per heavy atom. The third kappa shape index (κ3) is 2.81. The number of nitrogens with zero attached hydrogens (tertiary/aromatic N) is 1. The van der Waals surface area contributed by atoms with Gasteiger partial charge in [-0.2, -0.15) is 0 Å². The fourth-order valence-corrected chi connectivity index (χ4v) is 3.22. The zero-order chi connectivity index (χ0) is 12.3. The minimum absolute atomic E-state index is 0.239. The molecule has 1 N–H and O–H groups in total. The van der Waals surface area contributed by atoms with Crippen LogP contribution >= 0.6 is 0 Å². The summed E-state index contributed by atoms with van der Waals surface area (Å²) >= 11 is 0. The van der Waals surface area contributed by atoms with Crippen LogP contribution in [0.4, 0.5) is 0 Å². The Balaban J connectivity index is 1.91. The zero-order valence-corrected chi connectivity index (χ0v) is 11.4. The highest BCUT2D eigenvalue weighted by atomic mass is 16.5. The van der Waals surface area contributed by atoms with E-state index in [1.165, 1.54) is 25.9 Å². The van der Waals surface area contributed by atoms with Crippen molar-refractivity contribution in [2.24, 2.45) is 5.41 Å². The highest BCUT2D eigenvalue weighted by Crippen LogP contribution is 2.32. The summed E-state index contributed by atoms with van der Waals surface area (Å²) in [6.07, 6.45) is 3.03. The molecule has 0 aromatic heterocycles. The fourth-order valence-electron chi connectivity index (χ4n) is 3.22. The van der Waals surface area contributed by atoms with Crippen LogP contribution in [0.5, 0.6) is 0 Å². The third-order valence-electron chi connectivity index (χ3n) is 4.54. The van der Waals surface area contributed by atoms with Gasteiger partial charge in [-0.25, -0.2) is 0 Å². The first-order chi connectivity index (χ1) is 8.23. The molecule has 2 saturated heterocycles. The van der Waals surface area contributed by atoms with Crippen LogP contribution in [0.2, 0.25) is 0 Å². The van der Waals surface area contributed by atoms with E-state index in [-0.39, 0.29) is 12.2 Å². The Morgan fingerprint density at radius 1 is 1.24 bits per heavy atom. The molecule has 3 atom stereocenters. The van der Waals surface area contributed by atoms with E-state index in [0.29, 0.717) is 5.41 Å². The number of ether oxygens (including phenoxy) is 2. The van der Waals surface area contributed by atoms with Crippen LogP contribution in [0.25, 0.3) is 0 Å². The lowest BCUT2D eigenvalue weighted by atomic mass is 9.84. The van der Waals surface area contributed by atoms with Gasteiger partial charge in [0.15, 0.2) is 0 Å². The van der Waals surface area contributed by atoms with E-state index >= 15 is 0 Å². The van der Waals surface area contributed by atoms with E-state index in [9.17, 15) is 0 Å². The van der Waals surface area contributed by atoms with Crippen molar-refractivity contribution in [3.05, 3.63) is 0 Å². The first-order valence-electron chi connectivity index (χ1n) is 6.71. The van der Waals surface area contributed by atoms with Crippen LogP contribution in [0.15, 0.2) is 0 Å². The van der Waals surface area contributed by atoms with E-state index < -0.39 is 0 Å². The Bertz CT molecular complexity index is 230. The zero-order valence-electron chi connectivity index (χ0n) is 11.4. The van der Waals surface area contributed by atoms with Crippen LogP contribution in [-0.4, -0.2) is 64.1 Å². The molecule has 2 fully saturated rings. The first-order valence-corrected chi connectivity index (χ1v) is 6.71. The molecule has 100 valence electrons. The van der Waals surface area contributed by atoms with Crippen LogP contribution in [0.1, 0.15) is 19.8 Å². The highest BCUT2D eigenvalue weighted by Gasteiger charge is 2.39. The van der Waals surface area contributed by atoms with Gasteiger partial charge in [0.05, 0.1) is 12.2 Å². The molecule has 0 amide bonds. The van der Waals surface area contributed by atoms with Crippen molar-refractivity contribution >= 4 is 0 Å². The van der Waals surface area contributed by atoms with Crippen molar-refractivity contribution < 1.29 is 9.47 Å². The van der Waals surface area contributed by atoms with Crippen LogP contribution in [0, 0.1) is 5.41 Å². The molecule has 0 spiro atoms. The van der Waals surface area contributed by atoms with Gasteiger partial charge >= 0.3 is 0 Å². The molecule has 0 aliphatic carbocycles. The predicted molar refractivity (Wildman–Crippen MR) is 68.2 cm³/mol. The quantitative estimate of drug-likeness (QED) is 0.770. The summed E-state index contributed by atoms with van der Waals surface area (Å²) in [7, 11) is 3.57. The van der Waals surface area contributed by atoms with Crippen LogP contribution < -0.4 is 5.32 Å². The molecule has 0 radical (unpaired) electrons. The predicted octanol–water partition coefficient (Wildman–Crippen LogP) is 0.722. The summed E-state index contributed by atoms with van der Waals surface area (Å²) in [6.45, 7) is 7.84. The second kappa shape index (κ2) is 5.65. The summed E-state index contributed by atoms with van der Waals surface area (Å²) in [4.78, 5) is 2.51. The number of nitrogens with one attached hydrogen (secondary N) is 1. The van der Waals surface area contributed by atoms with Crippen molar-refractivity contribution in [1.82, 2.24) is 10.2 Å². The van der Waals surface area contributed by atoms with Gasteiger partial charge in [-0.05, 0) is 24.8 Å². The number of likely N-dealkylation sites (tertiary alicyclic amines) is 1. The standard InChI is InChI=1S/C13H26N2O2/c1-4-13(5-6-14-9-13)10-15-7-11(16-2)12(8-15)17-3/h11-12,14H,4-10H2,1-3H3. The number of rotatable bonds is 5. The van der Waals surface area contributed by atoms with Crippen molar-refractivity contribution in [3.63, 3.8) is 0 Å². The van der Waals surface area contributed by atoms with Crippen molar-refractivity contribution in [1.29, 1.82) is 0 Å². The first kappa shape index (κ1) is 13.3. The van der Waals surface area contributed by atoms with Crippen molar-refractivity contribution in [2.45, 2.75) is 32.0 Å². The number of hydrogen-bond acceptors (Lipinski definition) is 4. The topological polar surface area (TPSA) is 33.7 Å². The van der Waals surface area contributed by atoms with Gasteiger partial charge < -0.3 is 14.8 Å². The normalized spacial score (nSPS) is 39.0. The molecule has 2 aliphatic heterocycles. The summed E-state index contributed by atoms with van der Waals surface area (Å²) in [6, 6.07) is 0. The van der Waals surface area contributed by atoms with E-state index in [0.717, 1.165) is 19.6 Å². The minimum atomic E-state index is 0.239. The molecule has 0 aromatic rings. The fraction of sp³-hybridized carbons (Fsp3) is 1.00. The van der Waals surface area contributed by atoms with Crippen LogP contribution in [-0.2, 0) is 9.47 Å². The SMILES string of the molecule is CCC1(CN2CC(OC)C(OC)C2)CCNC1. The smallest absolute Gasteiger partial charge is 0.0971 e. The molecule has 0 aromatic carbocycles. The maximum absolute atomic E-state index is 5.49. The average molecular weight is 242 g/mol.